The topological polar surface area (TPSA) is 26.0 Å². The van der Waals surface area contributed by atoms with Crippen molar-refractivity contribution in [3.05, 3.63) is 77.3 Å². The van der Waals surface area contributed by atoms with Gasteiger partial charge in [0.1, 0.15) is 5.52 Å². The standard InChI is InChI=1S/C20H13Cl2NO/c21-12-16-7-6-15(10-17(16)22)20-23-18-11-14(8-9-19(18)24-20)13-4-2-1-3-5-13/h1-11H,12H2. The third kappa shape index (κ3) is 2.79. The van der Waals surface area contributed by atoms with Crippen LogP contribution in [0.4, 0.5) is 0 Å². The lowest BCUT2D eigenvalue weighted by molar-refractivity contribution is 0.620. The number of oxazole rings is 1. The molecule has 0 N–H and O–H groups in total. The number of nitrogens with zero attached hydrogens (tertiary/aromatic N) is 1. The number of rotatable bonds is 3. The zero-order valence-electron chi connectivity index (χ0n) is 12.7. The summed E-state index contributed by atoms with van der Waals surface area (Å²) in [5, 5.41) is 0.620. The third-order valence-corrected chi connectivity index (χ3v) is 4.58. The van der Waals surface area contributed by atoms with Gasteiger partial charge in [0.25, 0.3) is 0 Å². The van der Waals surface area contributed by atoms with E-state index in [2.05, 4.69) is 17.1 Å². The molecule has 0 aliphatic carbocycles. The fraction of sp³-hybridized carbons (Fsp3) is 0.0500. The fourth-order valence-corrected chi connectivity index (χ4v) is 3.20. The van der Waals surface area contributed by atoms with Gasteiger partial charge < -0.3 is 4.42 Å². The molecule has 3 aromatic carbocycles. The highest BCUT2D eigenvalue weighted by Crippen LogP contribution is 2.30. The molecule has 0 bridgehead atoms. The monoisotopic (exact) mass is 353 g/mol. The second-order valence-electron chi connectivity index (χ2n) is 5.51. The van der Waals surface area contributed by atoms with E-state index in [1.165, 1.54) is 0 Å². The highest BCUT2D eigenvalue weighted by Gasteiger charge is 2.11. The molecule has 0 saturated heterocycles. The molecule has 24 heavy (non-hydrogen) atoms. The minimum Gasteiger partial charge on any atom is -0.436 e. The van der Waals surface area contributed by atoms with Crippen molar-refractivity contribution in [2.75, 3.05) is 0 Å². The van der Waals surface area contributed by atoms with Gasteiger partial charge in [-0.15, -0.1) is 11.6 Å². The maximum Gasteiger partial charge on any atom is 0.227 e. The van der Waals surface area contributed by atoms with Crippen LogP contribution in [0, 0.1) is 0 Å². The molecule has 4 aromatic rings. The minimum atomic E-state index is 0.382. The Bertz CT molecular complexity index is 1010. The average Bonchev–Trinajstić information content (AvgIpc) is 3.05. The molecule has 4 heteroatoms. The zero-order chi connectivity index (χ0) is 16.5. The normalized spacial score (nSPS) is 11.1. The molecule has 0 amide bonds. The maximum atomic E-state index is 6.23. The Hall–Kier alpha value is -2.29. The van der Waals surface area contributed by atoms with Gasteiger partial charge in [0.15, 0.2) is 5.58 Å². The second-order valence-corrected chi connectivity index (χ2v) is 6.18. The van der Waals surface area contributed by atoms with Crippen molar-refractivity contribution in [3.63, 3.8) is 0 Å². The number of aromatic nitrogens is 1. The molecule has 0 fully saturated rings. The van der Waals surface area contributed by atoms with E-state index >= 15 is 0 Å². The first-order valence-corrected chi connectivity index (χ1v) is 8.46. The Morgan fingerprint density at radius 1 is 0.833 bits per heavy atom. The number of fused-ring (bicyclic) bond motifs is 1. The van der Waals surface area contributed by atoms with Gasteiger partial charge in [0, 0.05) is 16.5 Å². The lowest BCUT2D eigenvalue weighted by Crippen LogP contribution is -1.83. The summed E-state index contributed by atoms with van der Waals surface area (Å²) in [6.45, 7) is 0. The van der Waals surface area contributed by atoms with Crippen molar-refractivity contribution >= 4 is 34.3 Å². The Labute approximate surface area is 149 Å². The first-order chi connectivity index (χ1) is 11.7. The van der Waals surface area contributed by atoms with E-state index in [0.717, 1.165) is 33.4 Å². The van der Waals surface area contributed by atoms with E-state index in [4.69, 9.17) is 27.6 Å². The Morgan fingerprint density at radius 2 is 1.62 bits per heavy atom. The molecule has 0 aliphatic rings. The number of alkyl halides is 1. The van der Waals surface area contributed by atoms with Crippen LogP contribution in [0.25, 0.3) is 33.7 Å². The van der Waals surface area contributed by atoms with Crippen LogP contribution < -0.4 is 0 Å². The minimum absolute atomic E-state index is 0.382. The van der Waals surface area contributed by atoms with Crippen LogP contribution in [0.2, 0.25) is 5.02 Å². The summed E-state index contributed by atoms with van der Waals surface area (Å²) in [5.41, 5.74) is 5.57. The SMILES string of the molecule is ClCc1ccc(-c2nc3cc(-c4ccccc4)ccc3o2)cc1Cl. The zero-order valence-corrected chi connectivity index (χ0v) is 14.2. The van der Waals surface area contributed by atoms with E-state index in [-0.39, 0.29) is 0 Å². The van der Waals surface area contributed by atoms with Gasteiger partial charge in [-0.25, -0.2) is 4.98 Å². The lowest BCUT2D eigenvalue weighted by Gasteiger charge is -2.01. The predicted molar refractivity (Wildman–Crippen MR) is 99.4 cm³/mol. The van der Waals surface area contributed by atoms with Gasteiger partial charge in [-0.05, 0) is 41.0 Å². The molecular formula is C20H13Cl2NO. The number of halogens is 2. The molecule has 0 spiro atoms. The van der Waals surface area contributed by atoms with Crippen LogP contribution in [0.5, 0.6) is 0 Å². The number of hydrogen-bond donors (Lipinski definition) is 0. The van der Waals surface area contributed by atoms with Gasteiger partial charge in [0.2, 0.25) is 5.89 Å². The summed E-state index contributed by atoms with van der Waals surface area (Å²) in [4.78, 5) is 4.61. The van der Waals surface area contributed by atoms with E-state index in [0.29, 0.717) is 16.8 Å². The molecule has 118 valence electrons. The summed E-state index contributed by atoms with van der Waals surface area (Å²) >= 11 is 12.1. The summed E-state index contributed by atoms with van der Waals surface area (Å²) in [6.07, 6.45) is 0. The summed E-state index contributed by atoms with van der Waals surface area (Å²) < 4.78 is 5.87. The Kier molecular flexibility index (Phi) is 4.01. The molecule has 0 saturated carbocycles. The van der Waals surface area contributed by atoms with Gasteiger partial charge in [-0.3, -0.25) is 0 Å². The van der Waals surface area contributed by atoms with Gasteiger partial charge >= 0.3 is 0 Å². The van der Waals surface area contributed by atoms with Crippen molar-refractivity contribution in [2.45, 2.75) is 5.88 Å². The quantitative estimate of drug-likeness (QED) is 0.390. The summed E-state index contributed by atoms with van der Waals surface area (Å²) in [6, 6.07) is 21.9. The molecule has 4 rings (SSSR count). The highest BCUT2D eigenvalue weighted by molar-refractivity contribution is 6.32. The van der Waals surface area contributed by atoms with Gasteiger partial charge in [0.05, 0.1) is 0 Å². The Morgan fingerprint density at radius 3 is 2.38 bits per heavy atom. The Balaban J connectivity index is 1.77. The van der Waals surface area contributed by atoms with E-state index in [1.807, 2.05) is 54.6 Å². The van der Waals surface area contributed by atoms with Crippen molar-refractivity contribution < 1.29 is 4.42 Å². The smallest absolute Gasteiger partial charge is 0.227 e. The first kappa shape index (κ1) is 15.3. The molecule has 0 atom stereocenters. The largest absolute Gasteiger partial charge is 0.436 e. The van der Waals surface area contributed by atoms with Gasteiger partial charge in [-0.2, -0.15) is 0 Å². The molecule has 1 heterocycles. The van der Waals surface area contributed by atoms with E-state index in [9.17, 15) is 0 Å². The van der Waals surface area contributed by atoms with Crippen LogP contribution in [0.1, 0.15) is 5.56 Å². The molecule has 1 aromatic heterocycles. The van der Waals surface area contributed by atoms with E-state index < -0.39 is 0 Å². The predicted octanol–water partition coefficient (Wildman–Crippen LogP) is 6.55. The third-order valence-electron chi connectivity index (χ3n) is 3.94. The maximum absolute atomic E-state index is 6.23. The molecule has 0 aliphatic heterocycles. The van der Waals surface area contributed by atoms with Crippen molar-refractivity contribution in [2.24, 2.45) is 0 Å². The van der Waals surface area contributed by atoms with Crippen molar-refractivity contribution in [1.29, 1.82) is 0 Å². The number of hydrogen-bond acceptors (Lipinski definition) is 2. The second kappa shape index (κ2) is 6.31. The highest BCUT2D eigenvalue weighted by atomic mass is 35.5. The molecule has 2 nitrogen and oxygen atoms in total. The molecular weight excluding hydrogens is 341 g/mol. The fourth-order valence-electron chi connectivity index (χ4n) is 2.65. The molecule has 0 unspecified atom stereocenters. The van der Waals surface area contributed by atoms with Crippen LogP contribution in [0.3, 0.4) is 0 Å². The average molecular weight is 354 g/mol. The first-order valence-electron chi connectivity index (χ1n) is 7.55. The van der Waals surface area contributed by atoms with Crippen LogP contribution >= 0.6 is 23.2 Å². The lowest BCUT2D eigenvalue weighted by atomic mass is 10.1. The van der Waals surface area contributed by atoms with Crippen LogP contribution in [-0.2, 0) is 5.88 Å². The van der Waals surface area contributed by atoms with Crippen LogP contribution in [-0.4, -0.2) is 4.98 Å². The van der Waals surface area contributed by atoms with E-state index in [1.54, 1.807) is 0 Å². The van der Waals surface area contributed by atoms with Crippen LogP contribution in [0.15, 0.2) is 71.1 Å². The summed E-state index contributed by atoms with van der Waals surface area (Å²) in [7, 11) is 0. The van der Waals surface area contributed by atoms with Gasteiger partial charge in [-0.1, -0.05) is 54.1 Å². The molecule has 0 radical (unpaired) electrons. The summed E-state index contributed by atoms with van der Waals surface area (Å²) in [5.74, 6) is 0.936. The number of benzene rings is 3. The van der Waals surface area contributed by atoms with Crippen molar-refractivity contribution in [3.8, 4) is 22.6 Å². The van der Waals surface area contributed by atoms with Crippen molar-refractivity contribution in [1.82, 2.24) is 4.98 Å².